The Balaban J connectivity index is 1.39. The summed E-state index contributed by atoms with van der Waals surface area (Å²) in [5.74, 6) is -0.557. The number of anilines is 1. The Morgan fingerprint density at radius 3 is 2.89 bits per heavy atom. The fourth-order valence-corrected chi connectivity index (χ4v) is 5.99. The minimum Gasteiger partial charge on any atom is -0.327 e. The fourth-order valence-electron chi connectivity index (χ4n) is 5.00. The van der Waals surface area contributed by atoms with Gasteiger partial charge in [-0.25, -0.2) is 4.98 Å². The average Bonchev–Trinajstić information content (AvgIpc) is 3.50. The van der Waals surface area contributed by atoms with E-state index in [0.29, 0.717) is 29.6 Å². The quantitative estimate of drug-likeness (QED) is 0.394. The molecule has 1 aliphatic rings. The van der Waals surface area contributed by atoms with Crippen LogP contribution in [0.2, 0.25) is 0 Å². The molecule has 9 nitrogen and oxygen atoms in total. The summed E-state index contributed by atoms with van der Waals surface area (Å²) in [5, 5.41) is 11.5. The number of likely N-dealkylation sites (N-methyl/N-ethyl adjacent to an activating group) is 1. The molecule has 0 aliphatic carbocycles. The van der Waals surface area contributed by atoms with Crippen LogP contribution < -0.4 is 5.32 Å². The second kappa shape index (κ2) is 9.94. The lowest BCUT2D eigenvalue weighted by molar-refractivity contribution is -0.146. The number of pyridine rings is 1. The Morgan fingerprint density at radius 2 is 2.08 bits per heavy atom. The highest BCUT2D eigenvalue weighted by Crippen LogP contribution is 2.36. The summed E-state index contributed by atoms with van der Waals surface area (Å²) < 4.78 is 1.14. The molecule has 1 aliphatic heterocycles. The molecule has 0 spiro atoms. The van der Waals surface area contributed by atoms with Gasteiger partial charge in [-0.15, -0.1) is 11.3 Å². The van der Waals surface area contributed by atoms with Gasteiger partial charge in [0.15, 0.2) is 0 Å². The number of carbonyl (C=O) groups is 2. The minimum absolute atomic E-state index is 0.172. The lowest BCUT2D eigenvalue weighted by Gasteiger charge is -2.38. The first-order chi connectivity index (χ1) is 17.3. The number of nitrogens with one attached hydrogen (secondary N) is 2. The van der Waals surface area contributed by atoms with Crippen molar-refractivity contribution in [2.45, 2.75) is 38.6 Å². The van der Waals surface area contributed by atoms with Crippen molar-refractivity contribution >= 4 is 50.0 Å². The molecule has 188 valence electrons. The van der Waals surface area contributed by atoms with Crippen LogP contribution in [-0.2, 0) is 9.59 Å². The molecule has 2 amide bonds. The second-order valence-corrected chi connectivity index (χ2v) is 11.1. The third-order valence-electron chi connectivity index (χ3n) is 6.75. The topological polar surface area (TPSA) is 107 Å². The van der Waals surface area contributed by atoms with Crippen molar-refractivity contribution < 1.29 is 9.59 Å². The number of fused-ring (bicyclic) bond motifs is 2. The molecule has 0 bridgehead atoms. The van der Waals surface area contributed by atoms with Crippen LogP contribution in [0.15, 0.2) is 36.8 Å². The number of amides is 2. The fraction of sp³-hybridized carbons (Fsp3) is 0.423. The third-order valence-corrected chi connectivity index (χ3v) is 8.02. The van der Waals surface area contributed by atoms with Gasteiger partial charge in [-0.05, 0) is 50.6 Å². The normalized spacial score (nSPS) is 19.2. The standard InChI is InChI=1S/C26H31N7O2S/c1-15-5-7-21(17-6-8-22-19(9-17)30-25(36-22)16(2)14-32(3)4)33(13-15)26(35)24(34)29-20-12-27-10-18-11-28-31-23(18)20/h6,8-12,15-16,21H,5,7,13-14H2,1-4H3,(H,28,31)(H,29,34)/t15-,16?,21+/m0/s1. The summed E-state index contributed by atoms with van der Waals surface area (Å²) in [4.78, 5) is 39.4. The third kappa shape index (κ3) is 4.83. The number of carbonyl (C=O) groups excluding carboxylic acids is 2. The summed E-state index contributed by atoms with van der Waals surface area (Å²) in [6.07, 6.45) is 6.60. The maximum Gasteiger partial charge on any atom is 0.314 e. The van der Waals surface area contributed by atoms with Crippen LogP contribution in [0, 0.1) is 5.92 Å². The highest BCUT2D eigenvalue weighted by Gasteiger charge is 2.34. The van der Waals surface area contributed by atoms with E-state index < -0.39 is 11.8 Å². The zero-order valence-corrected chi connectivity index (χ0v) is 21.8. The van der Waals surface area contributed by atoms with Crippen molar-refractivity contribution in [3.8, 4) is 0 Å². The van der Waals surface area contributed by atoms with E-state index in [1.165, 1.54) is 6.20 Å². The predicted octanol–water partition coefficient (Wildman–Crippen LogP) is 4.17. The van der Waals surface area contributed by atoms with E-state index in [0.717, 1.165) is 45.6 Å². The first kappa shape index (κ1) is 24.3. The molecule has 0 radical (unpaired) electrons. The van der Waals surface area contributed by atoms with Gasteiger partial charge in [-0.3, -0.25) is 19.7 Å². The number of rotatable bonds is 5. The van der Waals surface area contributed by atoms with Gasteiger partial charge in [0.1, 0.15) is 0 Å². The summed E-state index contributed by atoms with van der Waals surface area (Å²) in [5.41, 5.74) is 3.05. The SMILES string of the molecule is CC(CN(C)C)c1nc2cc([C@H]3CC[C@H](C)CN3C(=O)C(=O)Nc3cncc4cn[nH]c34)ccc2s1. The predicted molar refractivity (Wildman–Crippen MR) is 142 cm³/mol. The lowest BCUT2D eigenvalue weighted by Crippen LogP contribution is -2.46. The van der Waals surface area contributed by atoms with Crippen molar-refractivity contribution in [1.29, 1.82) is 0 Å². The number of H-pyrrole nitrogens is 1. The molecule has 1 fully saturated rings. The molecule has 1 unspecified atom stereocenters. The van der Waals surface area contributed by atoms with Crippen LogP contribution in [0.25, 0.3) is 21.1 Å². The molecular weight excluding hydrogens is 474 g/mol. The van der Waals surface area contributed by atoms with Crippen molar-refractivity contribution in [2.75, 3.05) is 32.5 Å². The van der Waals surface area contributed by atoms with Crippen molar-refractivity contribution in [1.82, 2.24) is 30.0 Å². The number of piperidine rings is 1. The number of nitrogens with zero attached hydrogens (tertiary/aromatic N) is 5. The number of hydrogen-bond acceptors (Lipinski definition) is 7. The number of likely N-dealkylation sites (tertiary alicyclic amines) is 1. The van der Waals surface area contributed by atoms with Gasteiger partial charge in [0.2, 0.25) is 0 Å². The van der Waals surface area contributed by atoms with Gasteiger partial charge in [0.25, 0.3) is 0 Å². The average molecular weight is 506 g/mol. The van der Waals surface area contributed by atoms with Gasteiger partial charge in [0, 0.05) is 30.6 Å². The second-order valence-electron chi connectivity index (χ2n) is 10.1. The molecule has 3 atom stereocenters. The van der Waals surface area contributed by atoms with E-state index in [1.807, 2.05) is 0 Å². The van der Waals surface area contributed by atoms with E-state index >= 15 is 0 Å². The largest absolute Gasteiger partial charge is 0.327 e. The number of thiazole rings is 1. The first-order valence-corrected chi connectivity index (χ1v) is 13.1. The van der Waals surface area contributed by atoms with E-state index in [2.05, 4.69) is 71.5 Å². The van der Waals surface area contributed by atoms with Gasteiger partial charge in [-0.1, -0.05) is 19.9 Å². The van der Waals surface area contributed by atoms with Gasteiger partial charge in [-0.2, -0.15) is 5.10 Å². The zero-order chi connectivity index (χ0) is 25.4. The molecule has 1 aromatic carbocycles. The van der Waals surface area contributed by atoms with Crippen LogP contribution in [0.1, 0.15) is 49.2 Å². The highest BCUT2D eigenvalue weighted by molar-refractivity contribution is 7.18. The Kier molecular flexibility index (Phi) is 6.72. The molecule has 4 heterocycles. The number of aromatic amines is 1. The van der Waals surface area contributed by atoms with Crippen LogP contribution in [0.4, 0.5) is 5.69 Å². The van der Waals surface area contributed by atoms with Crippen LogP contribution in [0.5, 0.6) is 0 Å². The summed E-state index contributed by atoms with van der Waals surface area (Å²) >= 11 is 1.72. The van der Waals surface area contributed by atoms with E-state index in [9.17, 15) is 9.59 Å². The molecule has 5 rings (SSSR count). The Bertz CT molecular complexity index is 1410. The molecular formula is C26H31N7O2S. The molecule has 1 saturated heterocycles. The van der Waals surface area contributed by atoms with Crippen molar-refractivity contribution in [2.24, 2.45) is 5.92 Å². The minimum atomic E-state index is -0.674. The molecule has 10 heteroatoms. The number of aromatic nitrogens is 4. The molecule has 2 N–H and O–H groups in total. The van der Waals surface area contributed by atoms with E-state index in [1.54, 1.807) is 28.6 Å². The lowest BCUT2D eigenvalue weighted by atomic mass is 9.89. The molecule has 0 saturated carbocycles. The van der Waals surface area contributed by atoms with E-state index in [4.69, 9.17) is 4.98 Å². The highest BCUT2D eigenvalue weighted by atomic mass is 32.1. The van der Waals surface area contributed by atoms with Crippen LogP contribution in [-0.4, -0.2) is 69.0 Å². The maximum atomic E-state index is 13.4. The zero-order valence-electron chi connectivity index (χ0n) is 21.0. The molecule has 36 heavy (non-hydrogen) atoms. The number of hydrogen-bond donors (Lipinski definition) is 2. The molecule has 3 aromatic heterocycles. The summed E-state index contributed by atoms with van der Waals surface area (Å²) in [6, 6.07) is 6.09. The van der Waals surface area contributed by atoms with E-state index in [-0.39, 0.29) is 6.04 Å². The van der Waals surface area contributed by atoms with Crippen LogP contribution in [0.3, 0.4) is 0 Å². The summed E-state index contributed by atoms with van der Waals surface area (Å²) in [6.45, 7) is 5.78. The maximum absolute atomic E-state index is 13.4. The molecule has 4 aromatic rings. The number of benzene rings is 1. The summed E-state index contributed by atoms with van der Waals surface area (Å²) in [7, 11) is 4.14. The van der Waals surface area contributed by atoms with Crippen molar-refractivity contribution in [3.63, 3.8) is 0 Å². The smallest absolute Gasteiger partial charge is 0.314 e. The Hall–Kier alpha value is -3.37. The van der Waals surface area contributed by atoms with Crippen molar-refractivity contribution in [3.05, 3.63) is 47.4 Å². The van der Waals surface area contributed by atoms with Crippen LogP contribution >= 0.6 is 11.3 Å². The Morgan fingerprint density at radius 1 is 1.25 bits per heavy atom. The monoisotopic (exact) mass is 505 g/mol. The van der Waals surface area contributed by atoms with Gasteiger partial charge >= 0.3 is 11.8 Å². The van der Waals surface area contributed by atoms with Gasteiger partial charge in [0.05, 0.1) is 44.9 Å². The Labute approximate surface area is 213 Å². The van der Waals surface area contributed by atoms with Gasteiger partial charge < -0.3 is 15.1 Å². The first-order valence-electron chi connectivity index (χ1n) is 12.2.